The van der Waals surface area contributed by atoms with Crippen LogP contribution < -0.4 is 10.6 Å². The van der Waals surface area contributed by atoms with Gasteiger partial charge in [0.2, 0.25) is 0 Å². The zero-order chi connectivity index (χ0) is 9.54. The van der Waals surface area contributed by atoms with E-state index in [-0.39, 0.29) is 0 Å². The van der Waals surface area contributed by atoms with Crippen molar-refractivity contribution in [1.29, 1.82) is 0 Å². The monoisotopic (exact) mass is 189 g/mol. The minimum Gasteiger partial charge on any atom is -0.353 e. The zero-order valence-electron chi connectivity index (χ0n) is 8.24. The van der Waals surface area contributed by atoms with Gasteiger partial charge in [-0.1, -0.05) is 6.07 Å². The standard InChI is InChI=1S/C11H15N3/c12-9-6-14(7-9)11-5-4-8-2-1-3-10(8)13-11/h4-5,9H,1-3,6-7,12H2. The number of nitrogens with two attached hydrogens (primary N) is 1. The van der Waals surface area contributed by atoms with E-state index >= 15 is 0 Å². The lowest BCUT2D eigenvalue weighted by Crippen LogP contribution is -2.56. The van der Waals surface area contributed by atoms with E-state index < -0.39 is 0 Å². The molecule has 1 aromatic heterocycles. The van der Waals surface area contributed by atoms with Gasteiger partial charge in [0, 0.05) is 24.8 Å². The summed E-state index contributed by atoms with van der Waals surface area (Å²) in [6.45, 7) is 1.93. The Kier molecular flexibility index (Phi) is 1.74. The number of pyridine rings is 1. The number of aryl methyl sites for hydroxylation is 2. The molecule has 1 aliphatic heterocycles. The normalized spacial score (nSPS) is 20.8. The molecule has 0 unspecified atom stereocenters. The molecule has 0 bridgehead atoms. The smallest absolute Gasteiger partial charge is 0.128 e. The highest BCUT2D eigenvalue weighted by atomic mass is 15.3. The third-order valence-electron chi connectivity index (χ3n) is 3.15. The first kappa shape index (κ1) is 8.24. The van der Waals surface area contributed by atoms with Crippen molar-refractivity contribution >= 4 is 5.82 Å². The fourth-order valence-electron chi connectivity index (χ4n) is 2.28. The van der Waals surface area contributed by atoms with Crippen molar-refractivity contribution in [2.24, 2.45) is 5.73 Å². The van der Waals surface area contributed by atoms with Crippen LogP contribution in [0.15, 0.2) is 12.1 Å². The highest BCUT2D eigenvalue weighted by Crippen LogP contribution is 2.25. The Bertz CT molecular complexity index is 356. The van der Waals surface area contributed by atoms with Crippen LogP contribution in [-0.4, -0.2) is 24.1 Å². The molecule has 3 nitrogen and oxygen atoms in total. The number of anilines is 1. The molecule has 0 atom stereocenters. The SMILES string of the molecule is NC1CN(c2ccc3c(n2)CCC3)C1. The maximum Gasteiger partial charge on any atom is 0.128 e. The predicted octanol–water partition coefficient (Wildman–Crippen LogP) is 0.718. The summed E-state index contributed by atoms with van der Waals surface area (Å²) in [6.07, 6.45) is 3.64. The maximum absolute atomic E-state index is 5.75. The zero-order valence-corrected chi connectivity index (χ0v) is 8.24. The van der Waals surface area contributed by atoms with Crippen LogP contribution in [0.5, 0.6) is 0 Å². The average molecular weight is 189 g/mol. The Morgan fingerprint density at radius 2 is 2.14 bits per heavy atom. The summed E-state index contributed by atoms with van der Waals surface area (Å²) in [6, 6.07) is 4.72. The van der Waals surface area contributed by atoms with E-state index in [1.54, 1.807) is 0 Å². The van der Waals surface area contributed by atoms with Gasteiger partial charge in [0.25, 0.3) is 0 Å². The summed E-state index contributed by atoms with van der Waals surface area (Å²) in [5, 5.41) is 0. The third kappa shape index (κ3) is 1.20. The second-order valence-corrected chi connectivity index (χ2v) is 4.29. The van der Waals surface area contributed by atoms with E-state index in [0.29, 0.717) is 6.04 Å². The van der Waals surface area contributed by atoms with Crippen LogP contribution in [0.25, 0.3) is 0 Å². The van der Waals surface area contributed by atoms with Gasteiger partial charge in [-0.3, -0.25) is 0 Å². The molecule has 2 N–H and O–H groups in total. The molecule has 1 fully saturated rings. The van der Waals surface area contributed by atoms with Gasteiger partial charge in [-0.05, 0) is 30.9 Å². The Labute approximate surface area is 83.9 Å². The molecule has 1 aromatic rings. The molecule has 74 valence electrons. The molecule has 0 radical (unpaired) electrons. The molecule has 0 saturated carbocycles. The van der Waals surface area contributed by atoms with Crippen LogP contribution >= 0.6 is 0 Å². The van der Waals surface area contributed by atoms with Crippen LogP contribution in [-0.2, 0) is 12.8 Å². The highest BCUT2D eigenvalue weighted by Gasteiger charge is 2.25. The first-order valence-electron chi connectivity index (χ1n) is 5.32. The fraction of sp³-hybridized carbons (Fsp3) is 0.545. The van der Waals surface area contributed by atoms with Crippen molar-refractivity contribution in [1.82, 2.24) is 4.98 Å². The Balaban J connectivity index is 1.86. The van der Waals surface area contributed by atoms with E-state index in [4.69, 9.17) is 5.73 Å². The Morgan fingerprint density at radius 1 is 1.29 bits per heavy atom. The number of fused-ring (bicyclic) bond motifs is 1. The van der Waals surface area contributed by atoms with Crippen LogP contribution in [0.1, 0.15) is 17.7 Å². The molecule has 0 aromatic carbocycles. The highest BCUT2D eigenvalue weighted by molar-refractivity contribution is 5.45. The van der Waals surface area contributed by atoms with Gasteiger partial charge >= 0.3 is 0 Å². The fourth-order valence-corrected chi connectivity index (χ4v) is 2.28. The van der Waals surface area contributed by atoms with Crippen LogP contribution in [0.2, 0.25) is 0 Å². The van der Waals surface area contributed by atoms with E-state index in [1.165, 1.54) is 24.1 Å². The van der Waals surface area contributed by atoms with Crippen molar-refractivity contribution in [3.63, 3.8) is 0 Å². The molecule has 0 spiro atoms. The Morgan fingerprint density at radius 3 is 2.93 bits per heavy atom. The van der Waals surface area contributed by atoms with E-state index in [0.717, 1.165) is 25.3 Å². The van der Waals surface area contributed by atoms with Crippen molar-refractivity contribution < 1.29 is 0 Å². The van der Waals surface area contributed by atoms with Crippen LogP contribution in [0.4, 0.5) is 5.82 Å². The van der Waals surface area contributed by atoms with Gasteiger partial charge in [0.1, 0.15) is 5.82 Å². The van der Waals surface area contributed by atoms with E-state index in [9.17, 15) is 0 Å². The number of nitrogens with zero attached hydrogens (tertiary/aromatic N) is 2. The van der Waals surface area contributed by atoms with Gasteiger partial charge < -0.3 is 10.6 Å². The lowest BCUT2D eigenvalue weighted by Gasteiger charge is -2.38. The van der Waals surface area contributed by atoms with E-state index in [1.807, 2.05) is 0 Å². The second-order valence-electron chi connectivity index (χ2n) is 4.29. The van der Waals surface area contributed by atoms with Gasteiger partial charge in [-0.25, -0.2) is 4.98 Å². The molecule has 14 heavy (non-hydrogen) atoms. The predicted molar refractivity (Wildman–Crippen MR) is 56.5 cm³/mol. The third-order valence-corrected chi connectivity index (χ3v) is 3.15. The number of hydrogen-bond donors (Lipinski definition) is 1. The summed E-state index contributed by atoms with van der Waals surface area (Å²) < 4.78 is 0. The quantitative estimate of drug-likeness (QED) is 0.707. The summed E-state index contributed by atoms with van der Waals surface area (Å²) >= 11 is 0. The molecular weight excluding hydrogens is 174 g/mol. The molecule has 0 amide bonds. The molecule has 1 aliphatic carbocycles. The van der Waals surface area contributed by atoms with Gasteiger partial charge in [0.05, 0.1) is 0 Å². The first-order valence-corrected chi connectivity index (χ1v) is 5.32. The minimum atomic E-state index is 0.352. The van der Waals surface area contributed by atoms with Crippen LogP contribution in [0, 0.1) is 0 Å². The summed E-state index contributed by atoms with van der Waals surface area (Å²) in [5.41, 5.74) is 8.50. The molecule has 2 aliphatic rings. The largest absolute Gasteiger partial charge is 0.353 e. The topological polar surface area (TPSA) is 42.1 Å². The Hall–Kier alpha value is -1.09. The van der Waals surface area contributed by atoms with Crippen molar-refractivity contribution in [3.8, 4) is 0 Å². The van der Waals surface area contributed by atoms with E-state index in [2.05, 4.69) is 22.0 Å². The van der Waals surface area contributed by atoms with Crippen molar-refractivity contribution in [2.45, 2.75) is 25.3 Å². The number of hydrogen-bond acceptors (Lipinski definition) is 3. The van der Waals surface area contributed by atoms with Gasteiger partial charge in [-0.2, -0.15) is 0 Å². The van der Waals surface area contributed by atoms with Gasteiger partial charge in [0.15, 0.2) is 0 Å². The lowest BCUT2D eigenvalue weighted by molar-refractivity contribution is 0.514. The molecule has 3 rings (SSSR count). The number of rotatable bonds is 1. The van der Waals surface area contributed by atoms with Gasteiger partial charge in [-0.15, -0.1) is 0 Å². The molecule has 2 heterocycles. The lowest BCUT2D eigenvalue weighted by atomic mass is 10.1. The minimum absolute atomic E-state index is 0.352. The average Bonchev–Trinajstić information content (AvgIpc) is 2.59. The number of aromatic nitrogens is 1. The van der Waals surface area contributed by atoms with Crippen molar-refractivity contribution in [2.75, 3.05) is 18.0 Å². The molecule has 3 heteroatoms. The first-order chi connectivity index (χ1) is 6.83. The summed E-state index contributed by atoms with van der Waals surface area (Å²) in [7, 11) is 0. The summed E-state index contributed by atoms with van der Waals surface area (Å²) in [4.78, 5) is 6.93. The second kappa shape index (κ2) is 2.95. The molecular formula is C11H15N3. The summed E-state index contributed by atoms with van der Waals surface area (Å²) in [5.74, 6) is 1.12. The van der Waals surface area contributed by atoms with Crippen molar-refractivity contribution in [3.05, 3.63) is 23.4 Å². The molecule has 1 saturated heterocycles. The maximum atomic E-state index is 5.75. The van der Waals surface area contributed by atoms with Crippen LogP contribution in [0.3, 0.4) is 0 Å².